The van der Waals surface area contributed by atoms with Gasteiger partial charge in [-0.2, -0.15) is 5.26 Å². The molecule has 0 saturated heterocycles. The molecule has 0 bridgehead atoms. The van der Waals surface area contributed by atoms with Gasteiger partial charge in [0.1, 0.15) is 11.8 Å². The number of halogens is 1. The fourth-order valence-electron chi connectivity index (χ4n) is 0.977. The maximum absolute atomic E-state index is 10.5. The summed E-state index contributed by atoms with van der Waals surface area (Å²) in [7, 11) is 0. The predicted octanol–water partition coefficient (Wildman–Crippen LogP) is 1.57. The SMILES string of the molecule is N#Cc1cc(Br)ccc1OCCC(N)=O. The minimum Gasteiger partial charge on any atom is -0.492 e. The topological polar surface area (TPSA) is 76.1 Å². The summed E-state index contributed by atoms with van der Waals surface area (Å²) in [6, 6.07) is 7.09. The van der Waals surface area contributed by atoms with Gasteiger partial charge in [0.2, 0.25) is 5.91 Å². The lowest BCUT2D eigenvalue weighted by Crippen LogP contribution is -2.14. The quantitative estimate of drug-likeness (QED) is 0.901. The first-order valence-corrected chi connectivity index (χ1v) is 5.03. The van der Waals surface area contributed by atoms with Crippen LogP contribution in [0.5, 0.6) is 5.75 Å². The van der Waals surface area contributed by atoms with E-state index in [-0.39, 0.29) is 13.0 Å². The second-order valence-electron chi connectivity index (χ2n) is 2.82. The number of benzene rings is 1. The molecule has 0 heterocycles. The van der Waals surface area contributed by atoms with E-state index >= 15 is 0 Å². The number of primary amides is 1. The van der Waals surface area contributed by atoms with Gasteiger partial charge in [0.05, 0.1) is 18.6 Å². The third-order valence-corrected chi connectivity index (χ3v) is 2.16. The van der Waals surface area contributed by atoms with Gasteiger partial charge in [-0.1, -0.05) is 15.9 Å². The average molecular weight is 269 g/mol. The smallest absolute Gasteiger partial charge is 0.220 e. The zero-order valence-corrected chi connectivity index (χ0v) is 9.45. The van der Waals surface area contributed by atoms with Crippen molar-refractivity contribution in [2.24, 2.45) is 5.73 Å². The van der Waals surface area contributed by atoms with E-state index in [1.165, 1.54) is 0 Å². The molecule has 1 aromatic carbocycles. The molecule has 1 amide bonds. The van der Waals surface area contributed by atoms with Crippen molar-refractivity contribution in [3.8, 4) is 11.8 Å². The standard InChI is InChI=1S/C10H9BrN2O2/c11-8-1-2-9(7(5-8)6-12)15-4-3-10(13)14/h1-2,5H,3-4H2,(H2,13,14). The molecule has 1 rings (SSSR count). The molecule has 15 heavy (non-hydrogen) atoms. The van der Waals surface area contributed by atoms with Crippen LogP contribution in [0.1, 0.15) is 12.0 Å². The Kier molecular flexibility index (Phi) is 4.13. The summed E-state index contributed by atoms with van der Waals surface area (Å²) in [6.07, 6.45) is 0.140. The third-order valence-electron chi connectivity index (χ3n) is 1.67. The zero-order valence-electron chi connectivity index (χ0n) is 7.87. The number of ether oxygens (including phenoxy) is 1. The number of carbonyl (C=O) groups is 1. The van der Waals surface area contributed by atoms with Crippen LogP contribution in [-0.4, -0.2) is 12.5 Å². The molecule has 0 aliphatic rings. The summed E-state index contributed by atoms with van der Waals surface area (Å²) in [4.78, 5) is 10.5. The van der Waals surface area contributed by atoms with Crippen LogP contribution in [0.2, 0.25) is 0 Å². The molecular weight excluding hydrogens is 260 g/mol. The number of amides is 1. The number of hydrogen-bond donors (Lipinski definition) is 1. The first-order valence-electron chi connectivity index (χ1n) is 4.24. The summed E-state index contributed by atoms with van der Waals surface area (Å²) < 4.78 is 6.06. The monoisotopic (exact) mass is 268 g/mol. The molecule has 4 nitrogen and oxygen atoms in total. The second kappa shape index (κ2) is 5.37. The van der Waals surface area contributed by atoms with Crippen molar-refractivity contribution in [1.82, 2.24) is 0 Å². The third kappa shape index (κ3) is 3.60. The summed E-state index contributed by atoms with van der Waals surface area (Å²) >= 11 is 3.25. The molecule has 0 aliphatic heterocycles. The largest absolute Gasteiger partial charge is 0.492 e. The van der Waals surface area contributed by atoms with E-state index < -0.39 is 5.91 Å². The van der Waals surface area contributed by atoms with Crippen LogP contribution in [0.25, 0.3) is 0 Å². The van der Waals surface area contributed by atoms with Crippen LogP contribution in [0.4, 0.5) is 0 Å². The number of nitrogens with zero attached hydrogens (tertiary/aromatic N) is 1. The van der Waals surface area contributed by atoms with E-state index in [0.29, 0.717) is 11.3 Å². The van der Waals surface area contributed by atoms with Crippen molar-refractivity contribution in [2.75, 3.05) is 6.61 Å². The number of nitriles is 1. The molecule has 78 valence electrons. The molecule has 0 unspecified atom stereocenters. The molecule has 0 aromatic heterocycles. The van der Waals surface area contributed by atoms with Gasteiger partial charge in [-0.3, -0.25) is 4.79 Å². The maximum atomic E-state index is 10.5. The molecule has 0 spiro atoms. The molecule has 1 aromatic rings. The van der Waals surface area contributed by atoms with E-state index in [1.54, 1.807) is 18.2 Å². The number of carbonyl (C=O) groups excluding carboxylic acids is 1. The van der Waals surface area contributed by atoms with Gasteiger partial charge >= 0.3 is 0 Å². The first-order chi connectivity index (χ1) is 7.13. The predicted molar refractivity (Wildman–Crippen MR) is 58.2 cm³/mol. The van der Waals surface area contributed by atoms with Crippen molar-refractivity contribution < 1.29 is 9.53 Å². The van der Waals surface area contributed by atoms with Crippen LogP contribution < -0.4 is 10.5 Å². The Morgan fingerprint density at radius 2 is 2.33 bits per heavy atom. The molecule has 0 aliphatic carbocycles. The lowest BCUT2D eigenvalue weighted by molar-refractivity contribution is -0.118. The van der Waals surface area contributed by atoms with E-state index in [2.05, 4.69) is 15.9 Å². The van der Waals surface area contributed by atoms with Crippen molar-refractivity contribution in [3.63, 3.8) is 0 Å². The molecule has 0 fully saturated rings. The Bertz CT molecular complexity index is 412. The highest BCUT2D eigenvalue weighted by Crippen LogP contribution is 2.22. The molecule has 0 saturated carbocycles. The average Bonchev–Trinajstić information content (AvgIpc) is 2.19. The normalized spacial score (nSPS) is 9.33. The molecule has 5 heteroatoms. The minimum absolute atomic E-state index is 0.140. The van der Waals surface area contributed by atoms with Gasteiger partial charge in [0.25, 0.3) is 0 Å². The van der Waals surface area contributed by atoms with Crippen molar-refractivity contribution in [3.05, 3.63) is 28.2 Å². The van der Waals surface area contributed by atoms with Crippen LogP contribution in [-0.2, 0) is 4.79 Å². The second-order valence-corrected chi connectivity index (χ2v) is 3.73. The van der Waals surface area contributed by atoms with E-state index in [4.69, 9.17) is 15.7 Å². The minimum atomic E-state index is -0.425. The molecule has 0 atom stereocenters. The number of hydrogen-bond acceptors (Lipinski definition) is 3. The van der Waals surface area contributed by atoms with Crippen molar-refractivity contribution in [1.29, 1.82) is 5.26 Å². The Labute approximate surface area is 95.8 Å². The van der Waals surface area contributed by atoms with Gasteiger partial charge in [-0.05, 0) is 18.2 Å². The van der Waals surface area contributed by atoms with Gasteiger partial charge in [0.15, 0.2) is 0 Å². The Morgan fingerprint density at radius 1 is 1.60 bits per heavy atom. The van der Waals surface area contributed by atoms with Crippen LogP contribution in [0.15, 0.2) is 22.7 Å². The highest BCUT2D eigenvalue weighted by atomic mass is 79.9. The fourth-order valence-corrected chi connectivity index (χ4v) is 1.34. The maximum Gasteiger partial charge on any atom is 0.220 e. The summed E-state index contributed by atoms with van der Waals surface area (Å²) in [5, 5.41) is 8.81. The number of rotatable bonds is 4. The molecular formula is C10H9BrN2O2. The molecule has 0 radical (unpaired) electrons. The van der Waals surface area contributed by atoms with Crippen molar-refractivity contribution in [2.45, 2.75) is 6.42 Å². The Morgan fingerprint density at radius 3 is 2.93 bits per heavy atom. The highest BCUT2D eigenvalue weighted by Gasteiger charge is 2.04. The van der Waals surface area contributed by atoms with Gasteiger partial charge < -0.3 is 10.5 Å². The highest BCUT2D eigenvalue weighted by molar-refractivity contribution is 9.10. The van der Waals surface area contributed by atoms with Gasteiger partial charge in [-0.25, -0.2) is 0 Å². The Balaban J connectivity index is 2.69. The van der Waals surface area contributed by atoms with Crippen LogP contribution in [0.3, 0.4) is 0 Å². The van der Waals surface area contributed by atoms with E-state index in [0.717, 1.165) is 4.47 Å². The van der Waals surface area contributed by atoms with Crippen LogP contribution >= 0.6 is 15.9 Å². The van der Waals surface area contributed by atoms with Gasteiger partial charge in [0, 0.05) is 4.47 Å². The summed E-state index contributed by atoms with van der Waals surface area (Å²) in [6.45, 7) is 0.186. The lowest BCUT2D eigenvalue weighted by Gasteiger charge is -2.06. The number of nitrogens with two attached hydrogens (primary N) is 1. The van der Waals surface area contributed by atoms with Crippen LogP contribution in [0, 0.1) is 11.3 Å². The van der Waals surface area contributed by atoms with Crippen molar-refractivity contribution >= 4 is 21.8 Å². The molecule has 2 N–H and O–H groups in total. The Hall–Kier alpha value is -1.54. The summed E-state index contributed by atoms with van der Waals surface area (Å²) in [5.41, 5.74) is 5.38. The summed E-state index contributed by atoms with van der Waals surface area (Å²) in [5.74, 6) is 0.0348. The van der Waals surface area contributed by atoms with E-state index in [1.807, 2.05) is 6.07 Å². The lowest BCUT2D eigenvalue weighted by atomic mass is 10.2. The first kappa shape index (κ1) is 11.5. The van der Waals surface area contributed by atoms with Gasteiger partial charge in [-0.15, -0.1) is 0 Å². The van der Waals surface area contributed by atoms with E-state index in [9.17, 15) is 4.79 Å². The fraction of sp³-hybridized carbons (Fsp3) is 0.200. The zero-order chi connectivity index (χ0) is 11.3.